The number of hydrogen-bond donors (Lipinski definition) is 2. The Labute approximate surface area is 61.0 Å². The first-order valence-electron chi connectivity index (χ1n) is 3.46. The number of piperidine rings is 1. The summed E-state index contributed by atoms with van der Waals surface area (Å²) in [5.41, 5.74) is 7.66. The Balaban J connectivity index is 2.69. The summed E-state index contributed by atoms with van der Waals surface area (Å²) in [4.78, 5) is 4.13. The van der Waals surface area contributed by atoms with E-state index in [4.69, 9.17) is 5.73 Å². The molecule has 0 bridgehead atoms. The van der Waals surface area contributed by atoms with E-state index in [0.29, 0.717) is 0 Å². The topological polar surface area (TPSA) is 50.4 Å². The number of hydrogen-bond acceptors (Lipinski definition) is 3. The predicted octanol–water partition coefficient (Wildman–Crippen LogP) is -0.107. The highest BCUT2D eigenvalue weighted by Gasteiger charge is 2.09. The third-order valence-electron chi connectivity index (χ3n) is 1.70. The summed E-state index contributed by atoms with van der Waals surface area (Å²) in [5, 5.41) is 3.22. The van der Waals surface area contributed by atoms with Crippen molar-refractivity contribution in [3.05, 3.63) is 11.8 Å². The normalized spacial score (nSPS) is 27.7. The van der Waals surface area contributed by atoms with Crippen molar-refractivity contribution in [1.82, 2.24) is 5.32 Å². The Kier molecular flexibility index (Phi) is 2.45. The van der Waals surface area contributed by atoms with Crippen LogP contribution in [0.15, 0.2) is 16.8 Å². The molecule has 3 N–H and O–H groups in total. The van der Waals surface area contributed by atoms with Gasteiger partial charge < -0.3 is 11.1 Å². The van der Waals surface area contributed by atoms with Crippen molar-refractivity contribution in [3.63, 3.8) is 0 Å². The standard InChI is InChI=1S/C7H13N3/c1-9-7-2-3-10-5-6(7)4-8/h4,10H,2-3,5,8H2,1H3/b6-4-,9-7?. The van der Waals surface area contributed by atoms with Gasteiger partial charge in [0.05, 0.1) is 0 Å². The van der Waals surface area contributed by atoms with Gasteiger partial charge in [0.15, 0.2) is 0 Å². The van der Waals surface area contributed by atoms with Crippen LogP contribution in [0.5, 0.6) is 0 Å². The second kappa shape index (κ2) is 3.37. The SMILES string of the molecule is CN=C1CCNC/C1=C/N. The van der Waals surface area contributed by atoms with Gasteiger partial charge in [0.25, 0.3) is 0 Å². The molecule has 0 amide bonds. The van der Waals surface area contributed by atoms with E-state index in [0.717, 1.165) is 30.8 Å². The number of nitrogens with two attached hydrogens (primary N) is 1. The molecule has 1 saturated heterocycles. The summed E-state index contributed by atoms with van der Waals surface area (Å²) in [6.07, 6.45) is 2.63. The van der Waals surface area contributed by atoms with Crippen LogP contribution >= 0.6 is 0 Å². The molecule has 0 saturated carbocycles. The smallest absolute Gasteiger partial charge is 0.0416 e. The zero-order valence-electron chi connectivity index (χ0n) is 6.22. The number of nitrogens with zero attached hydrogens (tertiary/aromatic N) is 1. The largest absolute Gasteiger partial charge is 0.404 e. The summed E-state index contributed by atoms with van der Waals surface area (Å²) >= 11 is 0. The molecule has 1 heterocycles. The van der Waals surface area contributed by atoms with Crippen molar-refractivity contribution in [2.24, 2.45) is 10.7 Å². The highest BCUT2D eigenvalue weighted by Crippen LogP contribution is 2.03. The molecule has 1 rings (SSSR count). The quantitative estimate of drug-likeness (QED) is 0.492. The number of nitrogens with one attached hydrogen (secondary N) is 1. The molecule has 3 nitrogen and oxygen atoms in total. The Morgan fingerprint density at radius 2 is 2.50 bits per heavy atom. The summed E-state index contributed by atoms with van der Waals surface area (Å²) in [7, 11) is 1.81. The fourth-order valence-electron chi connectivity index (χ4n) is 1.10. The molecule has 0 aromatic carbocycles. The lowest BCUT2D eigenvalue weighted by Gasteiger charge is -2.16. The second-order valence-electron chi connectivity index (χ2n) is 2.29. The van der Waals surface area contributed by atoms with E-state index in [1.807, 2.05) is 7.05 Å². The molecule has 0 spiro atoms. The van der Waals surface area contributed by atoms with E-state index in [1.54, 1.807) is 6.20 Å². The van der Waals surface area contributed by atoms with Gasteiger partial charge in [-0.1, -0.05) is 0 Å². The Morgan fingerprint density at radius 1 is 1.70 bits per heavy atom. The lowest BCUT2D eigenvalue weighted by molar-refractivity contribution is 0.728. The maximum atomic E-state index is 5.39. The van der Waals surface area contributed by atoms with Crippen molar-refractivity contribution in [2.75, 3.05) is 20.1 Å². The molecular formula is C7H13N3. The first-order chi connectivity index (χ1) is 4.88. The van der Waals surface area contributed by atoms with Crippen LogP contribution in [-0.2, 0) is 0 Å². The van der Waals surface area contributed by atoms with Gasteiger partial charge in [-0.05, 0) is 0 Å². The lowest BCUT2D eigenvalue weighted by Crippen LogP contribution is -2.31. The van der Waals surface area contributed by atoms with Crippen molar-refractivity contribution in [3.8, 4) is 0 Å². The van der Waals surface area contributed by atoms with E-state index in [9.17, 15) is 0 Å². The van der Waals surface area contributed by atoms with Gasteiger partial charge in [-0.25, -0.2) is 0 Å². The minimum absolute atomic E-state index is 0.864. The maximum Gasteiger partial charge on any atom is 0.0416 e. The van der Waals surface area contributed by atoms with Gasteiger partial charge in [-0.3, -0.25) is 4.99 Å². The molecule has 1 fully saturated rings. The van der Waals surface area contributed by atoms with E-state index < -0.39 is 0 Å². The highest BCUT2D eigenvalue weighted by atomic mass is 14.9. The zero-order chi connectivity index (χ0) is 7.40. The number of rotatable bonds is 0. The van der Waals surface area contributed by atoms with Gasteiger partial charge in [0.1, 0.15) is 0 Å². The first-order valence-corrected chi connectivity index (χ1v) is 3.46. The summed E-state index contributed by atoms with van der Waals surface area (Å²) in [6.45, 7) is 1.88. The van der Waals surface area contributed by atoms with E-state index >= 15 is 0 Å². The van der Waals surface area contributed by atoms with Crippen molar-refractivity contribution in [2.45, 2.75) is 6.42 Å². The Bertz CT molecular complexity index is 150. The third kappa shape index (κ3) is 1.36. The fraction of sp³-hybridized carbons (Fsp3) is 0.571. The van der Waals surface area contributed by atoms with Gasteiger partial charge in [0, 0.05) is 44.0 Å². The van der Waals surface area contributed by atoms with E-state index in [1.165, 1.54) is 0 Å². The molecule has 0 unspecified atom stereocenters. The Morgan fingerprint density at radius 3 is 3.00 bits per heavy atom. The molecule has 1 aliphatic heterocycles. The minimum Gasteiger partial charge on any atom is -0.404 e. The minimum atomic E-state index is 0.864. The van der Waals surface area contributed by atoms with Crippen LogP contribution in [0.3, 0.4) is 0 Å². The molecule has 3 heteroatoms. The van der Waals surface area contributed by atoms with Gasteiger partial charge >= 0.3 is 0 Å². The van der Waals surface area contributed by atoms with Crippen molar-refractivity contribution in [1.29, 1.82) is 0 Å². The fourth-order valence-corrected chi connectivity index (χ4v) is 1.10. The van der Waals surface area contributed by atoms with Gasteiger partial charge in [-0.2, -0.15) is 0 Å². The molecule has 0 aromatic heterocycles. The predicted molar refractivity (Wildman–Crippen MR) is 43.1 cm³/mol. The number of aliphatic imine (C=N–C) groups is 1. The maximum absolute atomic E-state index is 5.39. The molecule has 0 radical (unpaired) electrons. The van der Waals surface area contributed by atoms with Crippen molar-refractivity contribution < 1.29 is 0 Å². The molecule has 56 valence electrons. The van der Waals surface area contributed by atoms with Crippen LogP contribution < -0.4 is 11.1 Å². The molecule has 0 atom stereocenters. The van der Waals surface area contributed by atoms with E-state index in [-0.39, 0.29) is 0 Å². The van der Waals surface area contributed by atoms with Gasteiger partial charge in [0.2, 0.25) is 0 Å². The monoisotopic (exact) mass is 139 g/mol. The summed E-state index contributed by atoms with van der Waals surface area (Å²) in [6, 6.07) is 0. The molecule has 0 aromatic rings. The lowest BCUT2D eigenvalue weighted by atomic mass is 10.1. The van der Waals surface area contributed by atoms with Crippen LogP contribution in [-0.4, -0.2) is 25.8 Å². The third-order valence-corrected chi connectivity index (χ3v) is 1.70. The summed E-state index contributed by atoms with van der Waals surface area (Å²) < 4.78 is 0. The molecule has 10 heavy (non-hydrogen) atoms. The van der Waals surface area contributed by atoms with Crippen LogP contribution in [0.1, 0.15) is 6.42 Å². The van der Waals surface area contributed by atoms with Crippen LogP contribution in [0.25, 0.3) is 0 Å². The van der Waals surface area contributed by atoms with Crippen LogP contribution in [0.2, 0.25) is 0 Å². The molecule has 1 aliphatic rings. The second-order valence-corrected chi connectivity index (χ2v) is 2.29. The van der Waals surface area contributed by atoms with Gasteiger partial charge in [-0.15, -0.1) is 0 Å². The average Bonchev–Trinajstić information content (AvgIpc) is 2.04. The summed E-state index contributed by atoms with van der Waals surface area (Å²) in [5.74, 6) is 0. The first kappa shape index (κ1) is 7.28. The van der Waals surface area contributed by atoms with Crippen molar-refractivity contribution >= 4 is 5.71 Å². The van der Waals surface area contributed by atoms with Crippen LogP contribution in [0, 0.1) is 0 Å². The highest BCUT2D eigenvalue weighted by molar-refractivity contribution is 6.01. The molecular weight excluding hydrogens is 126 g/mol. The van der Waals surface area contributed by atoms with E-state index in [2.05, 4.69) is 10.3 Å². The Hall–Kier alpha value is -0.830. The van der Waals surface area contributed by atoms with Crippen LogP contribution in [0.4, 0.5) is 0 Å². The zero-order valence-corrected chi connectivity index (χ0v) is 6.22. The average molecular weight is 139 g/mol. The molecule has 0 aliphatic carbocycles.